The van der Waals surface area contributed by atoms with E-state index < -0.39 is 0 Å². The molecule has 0 heterocycles. The van der Waals surface area contributed by atoms with Crippen LogP contribution in [-0.2, 0) is 11.3 Å². The van der Waals surface area contributed by atoms with E-state index in [1.807, 2.05) is 39.0 Å². The van der Waals surface area contributed by atoms with Crippen molar-refractivity contribution < 1.29 is 14.3 Å². The number of rotatable bonds is 9. The van der Waals surface area contributed by atoms with Crippen molar-refractivity contribution in [3.05, 3.63) is 23.8 Å². The van der Waals surface area contributed by atoms with Gasteiger partial charge >= 0.3 is 0 Å². The van der Waals surface area contributed by atoms with Crippen molar-refractivity contribution in [3.63, 3.8) is 0 Å². The van der Waals surface area contributed by atoms with E-state index >= 15 is 0 Å². The van der Waals surface area contributed by atoms with Gasteiger partial charge in [0.2, 0.25) is 0 Å². The maximum absolute atomic E-state index is 11.9. The van der Waals surface area contributed by atoms with Gasteiger partial charge in [0, 0.05) is 17.6 Å². The SMILES string of the molecule is CCCCNCc1cccc(OC)c1OCC(=O)NC(C)(C)C.Cl. The summed E-state index contributed by atoms with van der Waals surface area (Å²) in [6, 6.07) is 5.75. The number of amides is 1. The molecule has 24 heavy (non-hydrogen) atoms. The van der Waals surface area contributed by atoms with Crippen LogP contribution in [0.3, 0.4) is 0 Å². The Morgan fingerprint density at radius 3 is 2.54 bits per heavy atom. The molecule has 1 aromatic rings. The molecule has 0 aliphatic carbocycles. The van der Waals surface area contributed by atoms with Crippen molar-refractivity contribution in [1.29, 1.82) is 0 Å². The molecule has 6 heteroatoms. The lowest BCUT2D eigenvalue weighted by atomic mass is 10.1. The van der Waals surface area contributed by atoms with Crippen LogP contribution < -0.4 is 20.1 Å². The minimum Gasteiger partial charge on any atom is -0.493 e. The molecule has 0 bridgehead atoms. The standard InChI is InChI=1S/C18H30N2O3.ClH/c1-6-7-11-19-12-14-9-8-10-15(22-5)17(14)23-13-16(21)20-18(2,3)4;/h8-10,19H,6-7,11-13H2,1-5H3,(H,20,21);1H. The third kappa shape index (κ3) is 8.41. The molecule has 2 N–H and O–H groups in total. The average molecular weight is 359 g/mol. The number of hydrogen-bond acceptors (Lipinski definition) is 4. The number of ether oxygens (including phenoxy) is 2. The van der Waals surface area contributed by atoms with Crippen LogP contribution >= 0.6 is 12.4 Å². The molecule has 0 spiro atoms. The highest BCUT2D eigenvalue weighted by atomic mass is 35.5. The first-order valence-electron chi connectivity index (χ1n) is 8.17. The zero-order valence-corrected chi connectivity index (χ0v) is 16.2. The van der Waals surface area contributed by atoms with E-state index in [0.29, 0.717) is 18.0 Å². The second-order valence-electron chi connectivity index (χ2n) is 6.57. The summed E-state index contributed by atoms with van der Waals surface area (Å²) < 4.78 is 11.1. The molecule has 0 saturated carbocycles. The third-order valence-corrected chi connectivity index (χ3v) is 3.16. The minimum absolute atomic E-state index is 0. The summed E-state index contributed by atoms with van der Waals surface area (Å²) in [5, 5.41) is 6.27. The van der Waals surface area contributed by atoms with Gasteiger partial charge in [-0.15, -0.1) is 12.4 Å². The van der Waals surface area contributed by atoms with Gasteiger partial charge in [-0.25, -0.2) is 0 Å². The Kier molecular flexibility index (Phi) is 10.5. The fraction of sp³-hybridized carbons (Fsp3) is 0.611. The predicted octanol–water partition coefficient (Wildman–Crippen LogP) is 3.30. The molecule has 0 unspecified atom stereocenters. The number of methoxy groups -OCH3 is 1. The first-order valence-corrected chi connectivity index (χ1v) is 8.17. The summed E-state index contributed by atoms with van der Waals surface area (Å²) in [7, 11) is 1.60. The summed E-state index contributed by atoms with van der Waals surface area (Å²) in [6.45, 7) is 9.60. The van der Waals surface area contributed by atoms with Gasteiger partial charge in [-0.1, -0.05) is 25.5 Å². The minimum atomic E-state index is -0.272. The summed E-state index contributed by atoms with van der Waals surface area (Å²) in [5.74, 6) is 1.12. The predicted molar refractivity (Wildman–Crippen MR) is 100 cm³/mol. The van der Waals surface area contributed by atoms with Crippen LogP contribution in [0.15, 0.2) is 18.2 Å². The molecule has 1 amide bonds. The third-order valence-electron chi connectivity index (χ3n) is 3.16. The highest BCUT2D eigenvalue weighted by Crippen LogP contribution is 2.31. The summed E-state index contributed by atoms with van der Waals surface area (Å²) in [4.78, 5) is 11.9. The number of carbonyl (C=O) groups excluding carboxylic acids is 1. The van der Waals surface area contributed by atoms with Gasteiger partial charge in [0.1, 0.15) is 0 Å². The number of carbonyl (C=O) groups is 1. The first kappa shape index (κ1) is 22.5. The molecular weight excluding hydrogens is 328 g/mol. The second-order valence-corrected chi connectivity index (χ2v) is 6.57. The van der Waals surface area contributed by atoms with E-state index in [0.717, 1.165) is 24.9 Å². The van der Waals surface area contributed by atoms with E-state index in [9.17, 15) is 4.79 Å². The van der Waals surface area contributed by atoms with Gasteiger partial charge in [0.25, 0.3) is 5.91 Å². The first-order chi connectivity index (χ1) is 10.9. The van der Waals surface area contributed by atoms with Crippen LogP contribution in [0.4, 0.5) is 0 Å². The van der Waals surface area contributed by atoms with Crippen LogP contribution in [0.25, 0.3) is 0 Å². The lowest BCUT2D eigenvalue weighted by Crippen LogP contribution is -2.43. The Hall–Kier alpha value is -1.46. The number of unbranched alkanes of at least 4 members (excludes halogenated alkanes) is 1. The van der Waals surface area contributed by atoms with Gasteiger partial charge in [0.15, 0.2) is 18.1 Å². The normalized spacial score (nSPS) is 10.7. The van der Waals surface area contributed by atoms with E-state index in [1.165, 1.54) is 0 Å². The molecule has 1 aromatic carbocycles. The fourth-order valence-electron chi connectivity index (χ4n) is 2.14. The maximum Gasteiger partial charge on any atom is 0.258 e. The van der Waals surface area contributed by atoms with Crippen LogP contribution in [0, 0.1) is 0 Å². The van der Waals surface area contributed by atoms with Crippen molar-refractivity contribution >= 4 is 18.3 Å². The molecule has 0 aliphatic rings. The maximum atomic E-state index is 11.9. The van der Waals surface area contributed by atoms with E-state index in [2.05, 4.69) is 17.6 Å². The Balaban J connectivity index is 0.00000529. The Morgan fingerprint density at radius 1 is 1.25 bits per heavy atom. The van der Waals surface area contributed by atoms with Crippen molar-refractivity contribution in [2.45, 2.75) is 52.6 Å². The van der Waals surface area contributed by atoms with E-state index in [4.69, 9.17) is 9.47 Å². The highest BCUT2D eigenvalue weighted by molar-refractivity contribution is 5.85. The van der Waals surface area contributed by atoms with Crippen molar-refractivity contribution in [1.82, 2.24) is 10.6 Å². The van der Waals surface area contributed by atoms with Gasteiger partial charge in [-0.3, -0.25) is 4.79 Å². The van der Waals surface area contributed by atoms with Gasteiger partial charge < -0.3 is 20.1 Å². The molecule has 1 rings (SSSR count). The Bertz CT molecular complexity index is 502. The largest absolute Gasteiger partial charge is 0.493 e. The van der Waals surface area contributed by atoms with Crippen LogP contribution in [-0.4, -0.2) is 31.7 Å². The van der Waals surface area contributed by atoms with Crippen molar-refractivity contribution in [2.75, 3.05) is 20.3 Å². The molecule has 0 saturated heterocycles. The molecule has 138 valence electrons. The number of nitrogens with one attached hydrogen (secondary N) is 2. The van der Waals surface area contributed by atoms with Crippen LogP contribution in [0.5, 0.6) is 11.5 Å². The van der Waals surface area contributed by atoms with Crippen molar-refractivity contribution in [3.8, 4) is 11.5 Å². The van der Waals surface area contributed by atoms with Crippen molar-refractivity contribution in [2.24, 2.45) is 0 Å². The molecule has 0 atom stereocenters. The highest BCUT2D eigenvalue weighted by Gasteiger charge is 2.16. The lowest BCUT2D eigenvalue weighted by molar-refractivity contribution is -0.124. The Morgan fingerprint density at radius 2 is 1.96 bits per heavy atom. The van der Waals surface area contributed by atoms with E-state index in [-0.39, 0.29) is 30.5 Å². The van der Waals surface area contributed by atoms with Gasteiger partial charge in [0.05, 0.1) is 7.11 Å². The smallest absolute Gasteiger partial charge is 0.258 e. The monoisotopic (exact) mass is 358 g/mol. The summed E-state index contributed by atoms with van der Waals surface area (Å²) >= 11 is 0. The zero-order chi connectivity index (χ0) is 17.3. The number of halogens is 1. The number of hydrogen-bond donors (Lipinski definition) is 2. The molecular formula is C18H31ClN2O3. The number of benzene rings is 1. The van der Waals surface area contributed by atoms with Crippen LogP contribution in [0.1, 0.15) is 46.1 Å². The second kappa shape index (κ2) is 11.2. The summed E-state index contributed by atoms with van der Waals surface area (Å²) in [5.41, 5.74) is 0.718. The van der Waals surface area contributed by atoms with E-state index in [1.54, 1.807) is 7.11 Å². The molecule has 0 fully saturated rings. The molecule has 0 aromatic heterocycles. The Labute approximate surface area is 151 Å². The summed E-state index contributed by atoms with van der Waals surface area (Å²) in [6.07, 6.45) is 2.29. The quantitative estimate of drug-likeness (QED) is 0.665. The average Bonchev–Trinajstić information content (AvgIpc) is 2.48. The van der Waals surface area contributed by atoms with Gasteiger partial charge in [-0.05, 0) is 39.8 Å². The number of para-hydroxylation sites is 1. The molecule has 0 radical (unpaired) electrons. The zero-order valence-electron chi connectivity index (χ0n) is 15.4. The molecule has 5 nitrogen and oxygen atoms in total. The topological polar surface area (TPSA) is 59.6 Å². The van der Waals surface area contributed by atoms with Gasteiger partial charge in [-0.2, -0.15) is 0 Å². The molecule has 0 aliphatic heterocycles. The lowest BCUT2D eigenvalue weighted by Gasteiger charge is -2.21. The van der Waals surface area contributed by atoms with Crippen LogP contribution in [0.2, 0.25) is 0 Å². The fourth-order valence-corrected chi connectivity index (χ4v) is 2.14.